The van der Waals surface area contributed by atoms with Gasteiger partial charge in [-0.25, -0.2) is 9.18 Å². The summed E-state index contributed by atoms with van der Waals surface area (Å²) in [6.45, 7) is 1.77. The summed E-state index contributed by atoms with van der Waals surface area (Å²) in [7, 11) is 0. The van der Waals surface area contributed by atoms with Gasteiger partial charge < -0.3 is 14.8 Å². The number of rotatable bonds is 4. The minimum absolute atomic E-state index is 0.166. The van der Waals surface area contributed by atoms with Crippen LogP contribution in [0.15, 0.2) is 24.3 Å². The molecule has 2 amide bonds. The lowest BCUT2D eigenvalue weighted by atomic mass is 10.1. The van der Waals surface area contributed by atoms with Gasteiger partial charge >= 0.3 is 12.1 Å². The van der Waals surface area contributed by atoms with Crippen LogP contribution in [0.3, 0.4) is 0 Å². The maximum Gasteiger partial charge on any atom is 0.414 e. The number of hydrogen-bond acceptors (Lipinski definition) is 5. The molecule has 1 aromatic rings. The lowest BCUT2D eigenvalue weighted by Gasteiger charge is -2.17. The second kappa shape index (κ2) is 6.92. The van der Waals surface area contributed by atoms with Crippen LogP contribution in [0.25, 0.3) is 5.76 Å². The maximum absolute atomic E-state index is 14.4. The fourth-order valence-corrected chi connectivity index (χ4v) is 2.67. The number of halogens is 1. The molecular formula is C17H17FN2O5. The Morgan fingerprint density at radius 2 is 2.20 bits per heavy atom. The molecule has 0 unspecified atom stereocenters. The smallest absolute Gasteiger partial charge is 0.414 e. The molecular weight excluding hydrogens is 331 g/mol. The highest BCUT2D eigenvalue weighted by atomic mass is 19.1. The first-order valence-electron chi connectivity index (χ1n) is 7.87. The SMILES string of the molecule is CC(=O)NC[C@H]1CN(c2ccc(C3=CCCC(=O)O3)c(F)c2)C(=O)O1. The summed E-state index contributed by atoms with van der Waals surface area (Å²) < 4.78 is 24.6. The third kappa shape index (κ3) is 3.78. The van der Waals surface area contributed by atoms with Crippen LogP contribution in [0.2, 0.25) is 0 Å². The van der Waals surface area contributed by atoms with Gasteiger partial charge in [0.2, 0.25) is 5.91 Å². The van der Waals surface area contributed by atoms with Crippen molar-refractivity contribution in [2.24, 2.45) is 0 Å². The Bertz CT molecular complexity index is 761. The first-order chi connectivity index (χ1) is 11.9. The van der Waals surface area contributed by atoms with Crippen molar-refractivity contribution in [2.75, 3.05) is 18.0 Å². The molecule has 7 nitrogen and oxygen atoms in total. The second-order valence-electron chi connectivity index (χ2n) is 5.80. The highest BCUT2D eigenvalue weighted by molar-refractivity contribution is 5.90. The van der Waals surface area contributed by atoms with Crippen LogP contribution in [0, 0.1) is 5.82 Å². The van der Waals surface area contributed by atoms with E-state index in [-0.39, 0.29) is 36.7 Å². The molecule has 132 valence electrons. The molecule has 2 aliphatic heterocycles. The molecule has 0 aliphatic carbocycles. The zero-order chi connectivity index (χ0) is 18.0. The third-order valence-corrected chi connectivity index (χ3v) is 3.88. The predicted molar refractivity (Wildman–Crippen MR) is 86.0 cm³/mol. The van der Waals surface area contributed by atoms with Crippen molar-refractivity contribution >= 4 is 29.4 Å². The van der Waals surface area contributed by atoms with Crippen molar-refractivity contribution in [1.29, 1.82) is 0 Å². The zero-order valence-electron chi connectivity index (χ0n) is 13.6. The van der Waals surface area contributed by atoms with Gasteiger partial charge in [0.1, 0.15) is 17.7 Å². The molecule has 8 heteroatoms. The zero-order valence-corrected chi connectivity index (χ0v) is 13.6. The van der Waals surface area contributed by atoms with E-state index in [0.717, 1.165) is 0 Å². The van der Waals surface area contributed by atoms with Crippen molar-refractivity contribution in [3.63, 3.8) is 0 Å². The second-order valence-corrected chi connectivity index (χ2v) is 5.80. The van der Waals surface area contributed by atoms with Gasteiger partial charge in [-0.05, 0) is 30.7 Å². The average molecular weight is 348 g/mol. The van der Waals surface area contributed by atoms with Gasteiger partial charge in [-0.1, -0.05) is 0 Å². The largest absolute Gasteiger partial charge is 0.442 e. The molecule has 0 saturated carbocycles. The number of carbonyl (C=O) groups excluding carboxylic acids is 3. The first kappa shape index (κ1) is 16.9. The van der Waals surface area contributed by atoms with Gasteiger partial charge in [0.15, 0.2) is 0 Å². The average Bonchev–Trinajstić information content (AvgIpc) is 2.94. The Morgan fingerprint density at radius 3 is 2.88 bits per heavy atom. The molecule has 1 fully saturated rings. The highest BCUT2D eigenvalue weighted by Gasteiger charge is 2.33. The van der Waals surface area contributed by atoms with E-state index in [1.54, 1.807) is 12.1 Å². The minimum Gasteiger partial charge on any atom is -0.442 e. The van der Waals surface area contributed by atoms with Crippen molar-refractivity contribution in [2.45, 2.75) is 25.9 Å². The van der Waals surface area contributed by atoms with Crippen molar-refractivity contribution in [3.05, 3.63) is 35.7 Å². The summed E-state index contributed by atoms with van der Waals surface area (Å²) in [5.74, 6) is -1.03. The number of benzene rings is 1. The van der Waals surface area contributed by atoms with E-state index in [2.05, 4.69) is 5.32 Å². The standard InChI is InChI=1S/C17H17FN2O5/c1-10(21)19-8-12-9-20(17(23)24-12)11-5-6-13(14(18)7-11)15-3-2-4-16(22)25-15/h3,5-7,12H,2,4,8-9H2,1H3,(H,19,21)/t12-/m0/s1. The Labute approximate surface area is 143 Å². The van der Waals surface area contributed by atoms with Gasteiger partial charge in [-0.2, -0.15) is 0 Å². The number of carbonyl (C=O) groups is 3. The Hall–Kier alpha value is -2.90. The molecule has 2 aliphatic rings. The van der Waals surface area contributed by atoms with Crippen molar-refractivity contribution in [1.82, 2.24) is 5.32 Å². The van der Waals surface area contributed by atoms with Crippen LogP contribution in [0.1, 0.15) is 25.3 Å². The van der Waals surface area contributed by atoms with E-state index in [1.807, 2.05) is 0 Å². The number of nitrogens with one attached hydrogen (secondary N) is 1. The lowest BCUT2D eigenvalue weighted by Crippen LogP contribution is -2.33. The van der Waals surface area contributed by atoms with E-state index in [9.17, 15) is 18.8 Å². The predicted octanol–water partition coefficient (Wildman–Crippen LogP) is 1.96. The van der Waals surface area contributed by atoms with Gasteiger partial charge in [-0.15, -0.1) is 0 Å². The summed E-state index contributed by atoms with van der Waals surface area (Å²) in [5.41, 5.74) is 0.499. The van der Waals surface area contributed by atoms with Crippen LogP contribution in [0.4, 0.5) is 14.9 Å². The number of amides is 2. The number of esters is 1. The maximum atomic E-state index is 14.4. The van der Waals surface area contributed by atoms with Gasteiger partial charge in [0.05, 0.1) is 24.3 Å². The molecule has 1 atom stereocenters. The number of anilines is 1. The van der Waals surface area contributed by atoms with Gasteiger partial charge in [0, 0.05) is 13.3 Å². The number of nitrogens with zero attached hydrogens (tertiary/aromatic N) is 1. The van der Waals surface area contributed by atoms with E-state index < -0.39 is 24.0 Å². The normalized spacial score (nSPS) is 20.0. The fraction of sp³-hybridized carbons (Fsp3) is 0.353. The summed E-state index contributed by atoms with van der Waals surface area (Å²) in [6.07, 6.45) is 1.33. The van der Waals surface area contributed by atoms with Crippen LogP contribution in [0.5, 0.6) is 0 Å². The van der Waals surface area contributed by atoms with Crippen LogP contribution in [-0.4, -0.2) is 37.2 Å². The first-order valence-corrected chi connectivity index (χ1v) is 7.87. The van der Waals surface area contributed by atoms with Gasteiger partial charge in [0.25, 0.3) is 0 Å². The summed E-state index contributed by atoms with van der Waals surface area (Å²) in [4.78, 5) is 35.5. The Balaban J connectivity index is 1.74. The lowest BCUT2D eigenvalue weighted by molar-refractivity contribution is -0.137. The Kier molecular flexibility index (Phi) is 4.69. The molecule has 1 saturated heterocycles. The van der Waals surface area contributed by atoms with Crippen LogP contribution < -0.4 is 10.2 Å². The molecule has 0 aromatic heterocycles. The molecule has 0 bridgehead atoms. The molecule has 0 radical (unpaired) electrons. The van der Waals surface area contributed by atoms with E-state index in [4.69, 9.17) is 9.47 Å². The Morgan fingerprint density at radius 1 is 1.40 bits per heavy atom. The molecule has 25 heavy (non-hydrogen) atoms. The number of allylic oxidation sites excluding steroid dienone is 1. The summed E-state index contributed by atoms with van der Waals surface area (Å²) in [6, 6.07) is 4.22. The highest BCUT2D eigenvalue weighted by Crippen LogP contribution is 2.29. The molecule has 2 heterocycles. The van der Waals surface area contributed by atoms with Crippen molar-refractivity contribution < 1.29 is 28.2 Å². The van der Waals surface area contributed by atoms with E-state index >= 15 is 0 Å². The number of ether oxygens (including phenoxy) is 2. The summed E-state index contributed by atoms with van der Waals surface area (Å²) >= 11 is 0. The molecule has 3 rings (SSSR count). The third-order valence-electron chi connectivity index (χ3n) is 3.88. The molecule has 1 aromatic carbocycles. The quantitative estimate of drug-likeness (QED) is 0.841. The molecule has 1 N–H and O–H groups in total. The minimum atomic E-state index is -0.606. The monoisotopic (exact) mass is 348 g/mol. The number of hydrogen-bond donors (Lipinski definition) is 1. The van der Waals surface area contributed by atoms with Crippen molar-refractivity contribution in [3.8, 4) is 0 Å². The summed E-state index contributed by atoms with van der Waals surface area (Å²) in [5, 5.41) is 2.57. The van der Waals surface area contributed by atoms with Gasteiger partial charge in [-0.3, -0.25) is 14.5 Å². The van der Waals surface area contributed by atoms with E-state index in [0.29, 0.717) is 12.1 Å². The van der Waals surface area contributed by atoms with Crippen LogP contribution in [-0.2, 0) is 19.1 Å². The molecule has 0 spiro atoms. The topological polar surface area (TPSA) is 84.9 Å². The van der Waals surface area contributed by atoms with Crippen LogP contribution >= 0.6 is 0 Å². The number of cyclic esters (lactones) is 2. The fourth-order valence-electron chi connectivity index (χ4n) is 2.67. The van der Waals surface area contributed by atoms with E-state index in [1.165, 1.54) is 24.0 Å².